The van der Waals surface area contributed by atoms with Crippen molar-refractivity contribution in [1.29, 1.82) is 0 Å². The number of phenols is 1. The maximum Gasteiger partial charge on any atom is 0.306 e. The molecule has 42 heavy (non-hydrogen) atoms. The molecule has 0 saturated heterocycles. The number of nitrogens with zero attached hydrogens (tertiary/aromatic N) is 3. The molecule has 0 spiro atoms. The maximum absolute atomic E-state index is 13.0. The molecule has 1 aliphatic rings. The number of fused-ring (bicyclic) bond motifs is 3. The molecule has 0 aliphatic carbocycles. The van der Waals surface area contributed by atoms with Crippen LogP contribution in [-0.2, 0) is 22.6 Å². The fraction of sp³-hybridized carbons (Fsp3) is 0.188. The lowest BCUT2D eigenvalue weighted by atomic mass is 9.90. The van der Waals surface area contributed by atoms with Crippen molar-refractivity contribution in [3.8, 4) is 17.1 Å². The molecule has 3 heterocycles. The number of amides is 1. The lowest BCUT2D eigenvalue weighted by Gasteiger charge is -2.33. The van der Waals surface area contributed by atoms with E-state index in [0.717, 1.165) is 27.9 Å². The van der Waals surface area contributed by atoms with Gasteiger partial charge in [0.1, 0.15) is 21.5 Å². The summed E-state index contributed by atoms with van der Waals surface area (Å²) in [5.41, 5.74) is 11.6. The Bertz CT molecular complexity index is 1860. The van der Waals surface area contributed by atoms with Crippen LogP contribution in [0.5, 0.6) is 5.75 Å². The maximum atomic E-state index is 13.0. The van der Waals surface area contributed by atoms with E-state index in [9.17, 15) is 9.90 Å². The molecule has 4 N–H and O–H groups in total. The molecule has 1 amide bonds. The Morgan fingerprint density at radius 3 is 2.43 bits per heavy atom. The Balaban J connectivity index is 1.55. The number of anilines is 2. The number of thioether (sulfide) groups is 1. The van der Waals surface area contributed by atoms with Crippen LogP contribution < -0.4 is 15.6 Å². The summed E-state index contributed by atoms with van der Waals surface area (Å²) in [6, 6.07) is 26.0. The number of pyridine rings is 1. The van der Waals surface area contributed by atoms with E-state index in [4.69, 9.17) is 27.7 Å². The smallest absolute Gasteiger partial charge is 0.306 e. The van der Waals surface area contributed by atoms with Crippen LogP contribution in [-0.4, -0.2) is 31.9 Å². The number of aromatic hydroxyl groups is 1. The highest BCUT2D eigenvalue weighted by Gasteiger charge is 2.34. The molecule has 10 heteroatoms. The number of hydrogen-bond donors (Lipinski definition) is 3. The second-order valence-electron chi connectivity index (χ2n) is 10.7. The summed E-state index contributed by atoms with van der Waals surface area (Å²) in [4.78, 5) is 18.2. The molecule has 1 aliphatic heterocycles. The zero-order chi connectivity index (χ0) is 29.4. The van der Waals surface area contributed by atoms with Gasteiger partial charge in [0.2, 0.25) is 17.4 Å². The molecule has 212 valence electrons. The van der Waals surface area contributed by atoms with Gasteiger partial charge < -0.3 is 20.9 Å². The van der Waals surface area contributed by atoms with Crippen molar-refractivity contribution < 1.29 is 19.2 Å². The van der Waals surface area contributed by atoms with Gasteiger partial charge in [0, 0.05) is 23.4 Å². The number of nitrogens with one attached hydrogen (secondary N) is 1. The molecule has 0 unspecified atom stereocenters. The summed E-state index contributed by atoms with van der Waals surface area (Å²) < 4.78 is 10.7. The highest BCUT2D eigenvalue weighted by atomic mass is 32.2. The summed E-state index contributed by atoms with van der Waals surface area (Å²) in [5.74, 6) is 0.521. The van der Waals surface area contributed by atoms with Gasteiger partial charge in [-0.15, -0.1) is 0 Å². The van der Waals surface area contributed by atoms with Gasteiger partial charge in [-0.3, -0.25) is 9.36 Å². The van der Waals surface area contributed by atoms with Crippen LogP contribution in [0.25, 0.3) is 22.4 Å². The van der Waals surface area contributed by atoms with E-state index in [1.807, 2.05) is 69.8 Å². The van der Waals surface area contributed by atoms with Crippen LogP contribution in [0.1, 0.15) is 25.0 Å². The van der Waals surface area contributed by atoms with Gasteiger partial charge in [-0.05, 0) is 79.7 Å². The zero-order valence-electron chi connectivity index (χ0n) is 23.2. The minimum absolute atomic E-state index is 0.0868. The molecule has 0 atom stereocenters. The van der Waals surface area contributed by atoms with Gasteiger partial charge in [-0.2, -0.15) is 4.57 Å². The molecule has 3 aromatic carbocycles. The molecule has 8 nitrogen and oxygen atoms in total. The SMILES string of the molecule is CC1(C)Cc2c(c(=S)n(-c3ccccc3)c3nc(SCC(=O)Nc4ccc(O)cc4)[n+](-c4ccccc4)c(N)c23)CO1. The normalized spacial score (nSPS) is 14.0. The number of nitrogens with two attached hydrogens (primary N) is 1. The van der Waals surface area contributed by atoms with Crippen LogP contribution in [0.15, 0.2) is 90.1 Å². The molecule has 0 fully saturated rings. The van der Waals surface area contributed by atoms with Crippen LogP contribution in [0.2, 0.25) is 0 Å². The third-order valence-corrected chi connectivity index (χ3v) is 8.54. The number of para-hydroxylation sites is 2. The topological polar surface area (TPSA) is 106 Å². The molecular weight excluding hydrogens is 567 g/mol. The van der Waals surface area contributed by atoms with Gasteiger partial charge in [0.25, 0.3) is 0 Å². The number of nitrogen functional groups attached to an aromatic ring is 1. The number of benzene rings is 3. The minimum Gasteiger partial charge on any atom is -0.508 e. The van der Waals surface area contributed by atoms with Gasteiger partial charge in [0.05, 0.1) is 18.0 Å². The number of ether oxygens (including phenoxy) is 1. The lowest BCUT2D eigenvalue weighted by Crippen LogP contribution is -2.40. The van der Waals surface area contributed by atoms with E-state index in [0.29, 0.717) is 40.0 Å². The number of rotatable bonds is 6. The van der Waals surface area contributed by atoms with Crippen molar-refractivity contribution in [3.05, 3.63) is 101 Å². The predicted molar refractivity (Wildman–Crippen MR) is 168 cm³/mol. The van der Waals surface area contributed by atoms with Crippen molar-refractivity contribution in [3.63, 3.8) is 0 Å². The summed E-state index contributed by atoms with van der Waals surface area (Å²) in [7, 11) is 0. The number of phenolic OH excluding ortho intramolecular Hbond substituents is 1. The van der Waals surface area contributed by atoms with Gasteiger partial charge >= 0.3 is 5.16 Å². The van der Waals surface area contributed by atoms with Gasteiger partial charge in [0.15, 0.2) is 0 Å². The Kier molecular flexibility index (Phi) is 7.44. The first-order chi connectivity index (χ1) is 20.2. The van der Waals surface area contributed by atoms with Crippen LogP contribution in [0, 0.1) is 4.64 Å². The van der Waals surface area contributed by atoms with Crippen LogP contribution in [0.4, 0.5) is 11.5 Å². The van der Waals surface area contributed by atoms with Crippen molar-refractivity contribution in [2.24, 2.45) is 0 Å². The van der Waals surface area contributed by atoms with Crippen molar-refractivity contribution >= 4 is 52.4 Å². The third kappa shape index (κ3) is 5.36. The largest absolute Gasteiger partial charge is 0.508 e. The van der Waals surface area contributed by atoms with Gasteiger partial charge in [-0.25, -0.2) is 0 Å². The summed E-state index contributed by atoms with van der Waals surface area (Å²) in [5, 5.41) is 13.8. The Hall–Kier alpha value is -4.25. The van der Waals surface area contributed by atoms with Crippen molar-refractivity contribution in [2.45, 2.75) is 37.6 Å². The zero-order valence-corrected chi connectivity index (χ0v) is 24.8. The quantitative estimate of drug-likeness (QED) is 0.0737. The molecule has 0 saturated carbocycles. The van der Waals surface area contributed by atoms with Crippen molar-refractivity contribution in [1.82, 2.24) is 9.55 Å². The van der Waals surface area contributed by atoms with Crippen LogP contribution >= 0.6 is 24.0 Å². The summed E-state index contributed by atoms with van der Waals surface area (Å²) in [6.45, 7) is 4.51. The first-order valence-corrected chi connectivity index (χ1v) is 14.9. The number of hydrogen-bond acceptors (Lipinski definition) is 7. The second kappa shape index (κ2) is 11.2. The second-order valence-corrected chi connectivity index (χ2v) is 12.0. The van der Waals surface area contributed by atoms with E-state index in [1.54, 1.807) is 12.1 Å². The predicted octanol–water partition coefficient (Wildman–Crippen LogP) is 5.90. The standard InChI is InChI=1S/C32H29N5O3S2/c1-32(2)17-24-25(18-40-32)30(41)37(22-11-7-4-8-12-22)29-27(24)28(33)36(21-9-5-3-6-10-21)31(35-29)42-19-26(39)34-20-13-15-23(38)16-14-20/h3-16,33H,17-19H2,1-2H3,(H2,34,38,39)/p+1. The highest BCUT2D eigenvalue weighted by Crippen LogP contribution is 2.37. The van der Waals surface area contributed by atoms with E-state index < -0.39 is 5.60 Å². The Morgan fingerprint density at radius 1 is 1.07 bits per heavy atom. The molecule has 6 rings (SSSR count). The first kappa shape index (κ1) is 27.9. The lowest BCUT2D eigenvalue weighted by molar-refractivity contribution is -0.624. The fourth-order valence-corrected chi connectivity index (χ4v) is 6.38. The third-order valence-electron chi connectivity index (χ3n) is 7.17. The van der Waals surface area contributed by atoms with Crippen LogP contribution in [0.3, 0.4) is 0 Å². The Morgan fingerprint density at radius 2 is 1.74 bits per heavy atom. The average molecular weight is 597 g/mol. The molecule has 0 radical (unpaired) electrons. The highest BCUT2D eigenvalue weighted by molar-refractivity contribution is 7.99. The van der Waals surface area contributed by atoms with E-state index in [2.05, 4.69) is 19.2 Å². The minimum atomic E-state index is -0.398. The fourth-order valence-electron chi connectivity index (χ4n) is 5.19. The summed E-state index contributed by atoms with van der Waals surface area (Å²) in [6.07, 6.45) is 0.625. The Labute approximate surface area is 252 Å². The monoisotopic (exact) mass is 596 g/mol. The van der Waals surface area contributed by atoms with E-state index >= 15 is 0 Å². The van der Waals surface area contributed by atoms with Crippen molar-refractivity contribution in [2.75, 3.05) is 16.8 Å². The first-order valence-electron chi connectivity index (χ1n) is 13.5. The van der Waals surface area contributed by atoms with E-state index in [-0.39, 0.29) is 17.4 Å². The number of aromatic nitrogens is 3. The molecular formula is C32H30N5O3S2+. The van der Waals surface area contributed by atoms with E-state index in [1.165, 1.54) is 23.9 Å². The molecule has 0 bridgehead atoms. The number of carbonyl (C=O) groups is 1. The molecule has 2 aromatic heterocycles. The summed E-state index contributed by atoms with van der Waals surface area (Å²) >= 11 is 7.36. The van der Waals surface area contributed by atoms with Gasteiger partial charge in [-0.1, -0.05) is 53.6 Å². The molecule has 5 aromatic rings. The average Bonchev–Trinajstić information content (AvgIpc) is 2.97. The number of carbonyl (C=O) groups excluding carboxylic acids is 1.